The Hall–Kier alpha value is -1.55. The number of nitrogens with zero attached hydrogens (tertiary/aromatic N) is 1. The zero-order valence-corrected chi connectivity index (χ0v) is 10.3. The number of hydrogen-bond acceptors (Lipinski definition) is 3. The first-order chi connectivity index (χ1) is 8.22. The molecular weight excluding hydrogens is 216 g/mol. The van der Waals surface area contributed by atoms with Gasteiger partial charge in [-0.15, -0.1) is 0 Å². The summed E-state index contributed by atoms with van der Waals surface area (Å²) >= 11 is 0. The Labute approximate surface area is 102 Å². The van der Waals surface area contributed by atoms with Crippen LogP contribution >= 0.6 is 0 Å². The van der Waals surface area contributed by atoms with Crippen molar-refractivity contribution in [3.8, 4) is 5.75 Å². The fourth-order valence-corrected chi connectivity index (χ4v) is 1.89. The van der Waals surface area contributed by atoms with Crippen molar-refractivity contribution < 1.29 is 9.53 Å². The second kappa shape index (κ2) is 5.19. The van der Waals surface area contributed by atoms with Crippen LogP contribution in [-0.2, 0) is 11.2 Å². The Morgan fingerprint density at radius 2 is 2.18 bits per heavy atom. The number of carbonyl (C=O) groups excluding carboxylic acids is 1. The molecule has 0 saturated carbocycles. The molecule has 0 radical (unpaired) electrons. The molecule has 2 rings (SSSR count). The molecule has 1 N–H and O–H groups in total. The molecule has 4 nitrogen and oxygen atoms in total. The minimum absolute atomic E-state index is 0.140. The third kappa shape index (κ3) is 2.58. The number of amides is 1. The summed E-state index contributed by atoms with van der Waals surface area (Å²) in [4.78, 5) is 13.9. The van der Waals surface area contributed by atoms with Gasteiger partial charge in [0.1, 0.15) is 5.75 Å². The summed E-state index contributed by atoms with van der Waals surface area (Å²) < 4.78 is 5.24. The van der Waals surface area contributed by atoms with E-state index in [0.717, 1.165) is 24.4 Å². The van der Waals surface area contributed by atoms with Crippen molar-refractivity contribution in [3.05, 3.63) is 29.8 Å². The fraction of sp³-hybridized carbons (Fsp3) is 0.462. The summed E-state index contributed by atoms with van der Waals surface area (Å²) in [5.74, 6) is 0.919. The van der Waals surface area contributed by atoms with Crippen LogP contribution in [0, 0.1) is 0 Å². The number of carbonyl (C=O) groups is 1. The van der Waals surface area contributed by atoms with E-state index in [-0.39, 0.29) is 5.91 Å². The number of hydrogen-bond donors (Lipinski definition) is 1. The van der Waals surface area contributed by atoms with E-state index in [9.17, 15) is 4.79 Å². The second-order valence-corrected chi connectivity index (χ2v) is 4.31. The molecule has 0 bridgehead atoms. The zero-order valence-electron chi connectivity index (χ0n) is 10.3. The number of ether oxygens (including phenoxy) is 1. The molecule has 0 aromatic heterocycles. The van der Waals surface area contributed by atoms with Gasteiger partial charge in [0.15, 0.2) is 0 Å². The highest BCUT2D eigenvalue weighted by Gasteiger charge is 2.25. The minimum atomic E-state index is 0.140. The topological polar surface area (TPSA) is 41.6 Å². The van der Waals surface area contributed by atoms with E-state index in [1.807, 2.05) is 36.2 Å². The summed E-state index contributed by atoms with van der Waals surface area (Å²) in [6.07, 6.45) is 0.400. The number of likely N-dealkylation sites (N-methyl/N-ethyl adjacent to an activating group) is 1. The zero-order chi connectivity index (χ0) is 12.3. The van der Waals surface area contributed by atoms with Crippen LogP contribution in [0.25, 0.3) is 0 Å². The molecule has 1 fully saturated rings. The fourth-order valence-electron chi connectivity index (χ4n) is 1.89. The Bertz CT molecular complexity index is 402. The molecule has 1 amide bonds. The molecule has 0 spiro atoms. The van der Waals surface area contributed by atoms with Crippen molar-refractivity contribution in [1.29, 1.82) is 0 Å². The molecule has 1 aromatic rings. The molecule has 92 valence electrons. The number of benzene rings is 1. The van der Waals surface area contributed by atoms with Gasteiger partial charge in [0.25, 0.3) is 0 Å². The third-order valence-electron chi connectivity index (χ3n) is 3.24. The molecule has 0 unspecified atom stereocenters. The second-order valence-electron chi connectivity index (χ2n) is 4.31. The van der Waals surface area contributed by atoms with Gasteiger partial charge in [0, 0.05) is 25.7 Å². The Balaban J connectivity index is 2.01. The average molecular weight is 234 g/mol. The summed E-state index contributed by atoms with van der Waals surface area (Å²) in [6.45, 7) is 1.79. The standard InChI is InChI=1S/C13H18N2O2/c1-15(11-8-14-9-11)13(16)7-10-5-3-4-6-12(10)17-2/h3-6,11,14H,7-9H2,1-2H3. The maximum absolute atomic E-state index is 12.1. The highest BCUT2D eigenvalue weighted by molar-refractivity contribution is 5.79. The average Bonchev–Trinajstić information content (AvgIpc) is 2.27. The lowest BCUT2D eigenvalue weighted by molar-refractivity contribution is -0.132. The van der Waals surface area contributed by atoms with E-state index in [1.165, 1.54) is 0 Å². The Morgan fingerprint density at radius 1 is 1.47 bits per heavy atom. The van der Waals surface area contributed by atoms with Gasteiger partial charge >= 0.3 is 0 Å². The third-order valence-corrected chi connectivity index (χ3v) is 3.24. The predicted molar refractivity (Wildman–Crippen MR) is 66.1 cm³/mol. The van der Waals surface area contributed by atoms with Crippen molar-refractivity contribution in [3.63, 3.8) is 0 Å². The van der Waals surface area contributed by atoms with E-state index in [2.05, 4.69) is 5.32 Å². The Morgan fingerprint density at radius 3 is 2.76 bits per heavy atom. The van der Waals surface area contributed by atoms with Crippen LogP contribution in [0.5, 0.6) is 5.75 Å². The highest BCUT2D eigenvalue weighted by Crippen LogP contribution is 2.18. The van der Waals surface area contributed by atoms with Crippen LogP contribution < -0.4 is 10.1 Å². The van der Waals surface area contributed by atoms with Gasteiger partial charge in [-0.2, -0.15) is 0 Å². The van der Waals surface area contributed by atoms with E-state index >= 15 is 0 Å². The lowest BCUT2D eigenvalue weighted by Crippen LogP contribution is -2.57. The first kappa shape index (κ1) is 11.9. The quantitative estimate of drug-likeness (QED) is 0.832. The van der Waals surface area contributed by atoms with Gasteiger partial charge in [-0.25, -0.2) is 0 Å². The molecule has 1 heterocycles. The first-order valence-corrected chi connectivity index (χ1v) is 5.80. The van der Waals surface area contributed by atoms with E-state index in [0.29, 0.717) is 12.5 Å². The number of para-hydroxylation sites is 1. The molecule has 0 aliphatic carbocycles. The van der Waals surface area contributed by atoms with Crippen molar-refractivity contribution >= 4 is 5.91 Å². The number of rotatable bonds is 4. The van der Waals surface area contributed by atoms with Gasteiger partial charge in [0.05, 0.1) is 19.6 Å². The number of methoxy groups -OCH3 is 1. The van der Waals surface area contributed by atoms with Gasteiger partial charge in [-0.3, -0.25) is 4.79 Å². The first-order valence-electron chi connectivity index (χ1n) is 5.80. The molecular formula is C13H18N2O2. The summed E-state index contributed by atoms with van der Waals surface area (Å²) in [7, 11) is 3.49. The SMILES string of the molecule is COc1ccccc1CC(=O)N(C)C1CNC1. The summed E-state index contributed by atoms with van der Waals surface area (Å²) in [6, 6.07) is 8.00. The Kier molecular flexibility index (Phi) is 3.64. The maximum atomic E-state index is 12.1. The number of nitrogens with one attached hydrogen (secondary N) is 1. The normalized spacial score (nSPS) is 15.2. The summed E-state index contributed by atoms with van der Waals surface area (Å²) in [5.41, 5.74) is 0.944. The van der Waals surface area contributed by atoms with Crippen LogP contribution in [0.2, 0.25) is 0 Å². The smallest absolute Gasteiger partial charge is 0.227 e. The van der Waals surface area contributed by atoms with Crippen molar-refractivity contribution in [2.45, 2.75) is 12.5 Å². The highest BCUT2D eigenvalue weighted by atomic mass is 16.5. The van der Waals surface area contributed by atoms with Crippen LogP contribution in [0.1, 0.15) is 5.56 Å². The molecule has 1 aliphatic rings. The van der Waals surface area contributed by atoms with E-state index in [4.69, 9.17) is 4.74 Å². The lowest BCUT2D eigenvalue weighted by atomic mass is 10.1. The lowest BCUT2D eigenvalue weighted by Gasteiger charge is -2.35. The van der Waals surface area contributed by atoms with Crippen LogP contribution in [0.3, 0.4) is 0 Å². The van der Waals surface area contributed by atoms with Crippen molar-refractivity contribution in [2.75, 3.05) is 27.2 Å². The van der Waals surface area contributed by atoms with Crippen LogP contribution in [0.15, 0.2) is 24.3 Å². The van der Waals surface area contributed by atoms with Gasteiger partial charge in [0.2, 0.25) is 5.91 Å². The van der Waals surface area contributed by atoms with Crippen LogP contribution in [0.4, 0.5) is 0 Å². The largest absolute Gasteiger partial charge is 0.496 e. The van der Waals surface area contributed by atoms with Crippen molar-refractivity contribution in [1.82, 2.24) is 10.2 Å². The molecule has 0 atom stereocenters. The van der Waals surface area contributed by atoms with Gasteiger partial charge in [-0.05, 0) is 6.07 Å². The molecule has 17 heavy (non-hydrogen) atoms. The minimum Gasteiger partial charge on any atom is -0.496 e. The monoisotopic (exact) mass is 234 g/mol. The van der Waals surface area contributed by atoms with E-state index in [1.54, 1.807) is 7.11 Å². The molecule has 1 saturated heterocycles. The predicted octanol–water partition coefficient (Wildman–Crippen LogP) is 0.668. The van der Waals surface area contributed by atoms with E-state index < -0.39 is 0 Å². The summed E-state index contributed by atoms with van der Waals surface area (Å²) in [5, 5.41) is 3.16. The van der Waals surface area contributed by atoms with Gasteiger partial charge < -0.3 is 15.0 Å². The molecule has 1 aliphatic heterocycles. The maximum Gasteiger partial charge on any atom is 0.227 e. The van der Waals surface area contributed by atoms with Gasteiger partial charge in [-0.1, -0.05) is 18.2 Å². The molecule has 4 heteroatoms. The van der Waals surface area contributed by atoms with Crippen LogP contribution in [-0.4, -0.2) is 44.1 Å². The van der Waals surface area contributed by atoms with Crippen molar-refractivity contribution in [2.24, 2.45) is 0 Å². The molecule has 1 aromatic carbocycles.